The molecule has 47 heavy (non-hydrogen) atoms. The van der Waals surface area contributed by atoms with E-state index in [1.807, 2.05) is 33.9 Å². The van der Waals surface area contributed by atoms with E-state index < -0.39 is 8.07 Å². The maximum absolute atomic E-state index is 11.7. The molecule has 1 aliphatic rings. The predicted octanol–water partition coefficient (Wildman–Crippen LogP) is 11.1. The summed E-state index contributed by atoms with van der Waals surface area (Å²) in [7, 11) is -1.52. The fraction of sp³-hybridized carbons (Fsp3) is 0.317. The fourth-order valence-corrected chi connectivity index (χ4v) is 7.60. The molecule has 0 spiro atoms. The van der Waals surface area contributed by atoms with Crippen molar-refractivity contribution in [3.05, 3.63) is 103 Å². The third-order valence-corrected chi connectivity index (χ3v) is 11.4. The minimum atomic E-state index is -1.52. The van der Waals surface area contributed by atoms with Crippen LogP contribution in [0, 0.1) is 17.9 Å². The van der Waals surface area contributed by atoms with Gasteiger partial charge in [-0.25, -0.2) is 0 Å². The molecule has 4 aromatic carbocycles. The van der Waals surface area contributed by atoms with Gasteiger partial charge in [-0.15, -0.1) is 17.7 Å². The van der Waals surface area contributed by atoms with Gasteiger partial charge in [0.05, 0.1) is 13.8 Å². The van der Waals surface area contributed by atoms with Crippen LogP contribution < -0.4 is 10.1 Å². The summed E-state index contributed by atoms with van der Waals surface area (Å²) < 4.78 is 0. The molecule has 1 aromatic heterocycles. The van der Waals surface area contributed by atoms with Gasteiger partial charge in [-0.1, -0.05) is 112 Å². The van der Waals surface area contributed by atoms with Gasteiger partial charge in [0.2, 0.25) is 0 Å². The summed E-state index contributed by atoms with van der Waals surface area (Å²) in [6.07, 6.45) is 6.85. The van der Waals surface area contributed by atoms with Crippen LogP contribution in [0.5, 0.6) is 0 Å². The Balaban J connectivity index is 0.000000269. The Hall–Kier alpha value is -3.57. The first kappa shape index (κ1) is 36.3. The molecule has 0 fully saturated rings. The number of fused-ring (bicyclic) bond motifs is 4. The van der Waals surface area contributed by atoms with E-state index in [-0.39, 0.29) is 43.5 Å². The summed E-state index contributed by atoms with van der Waals surface area (Å²) in [5.74, 6) is 0.547. The molecular weight excluding hydrogens is 773 g/mol. The minimum Gasteiger partial charge on any atom is -0.512 e. The fourth-order valence-electron chi connectivity index (χ4n) is 6.44. The predicted molar refractivity (Wildman–Crippen MR) is 199 cm³/mol. The standard InChI is InChI=1S/C28H23N2Si.C13H24O2.Ir/c1-31(2,3)22-17-20-15-16-29-27-24-14-13-19-9-7-8-12-23(19)28(24)30(25(18-22)26(20)27)21-10-5-4-6-11-21;1-5-10(6-2)12(14)9-13(15)11(7-3)8-4;/h4-13,15-18H,1-3H3;9-11,14H,5-8H2,1-4H3;/q-1;;/b;12-9-;. The molecule has 1 radical (unpaired) electrons. The molecule has 2 heterocycles. The number of pyridine rings is 1. The van der Waals surface area contributed by atoms with Crippen molar-refractivity contribution in [2.75, 3.05) is 4.90 Å². The number of nitrogens with zero attached hydrogens (tertiary/aromatic N) is 2. The number of rotatable bonds is 9. The van der Waals surface area contributed by atoms with Crippen LogP contribution in [0.2, 0.25) is 19.6 Å². The number of allylic oxidation sites excluding steroid dienone is 2. The van der Waals surface area contributed by atoms with Crippen LogP contribution >= 0.6 is 0 Å². The Morgan fingerprint density at radius 2 is 1.51 bits per heavy atom. The number of carbonyl (C=O) groups is 1. The van der Waals surface area contributed by atoms with Crippen LogP contribution in [0.3, 0.4) is 0 Å². The first-order valence-electron chi connectivity index (χ1n) is 16.8. The Bertz CT molecular complexity index is 1870. The van der Waals surface area contributed by atoms with Crippen molar-refractivity contribution in [3.8, 4) is 11.3 Å². The van der Waals surface area contributed by atoms with E-state index >= 15 is 0 Å². The van der Waals surface area contributed by atoms with Gasteiger partial charge in [-0.3, -0.25) is 4.79 Å². The van der Waals surface area contributed by atoms with Crippen LogP contribution in [-0.2, 0) is 24.9 Å². The van der Waals surface area contributed by atoms with Crippen molar-refractivity contribution in [1.29, 1.82) is 0 Å². The quantitative estimate of drug-likeness (QED) is 0.0683. The van der Waals surface area contributed by atoms with Crippen LogP contribution in [0.1, 0.15) is 53.4 Å². The molecular formula is C41H47IrN2O2Si-. The normalized spacial score (nSPS) is 12.5. The van der Waals surface area contributed by atoms with Crippen molar-refractivity contribution in [3.63, 3.8) is 0 Å². The summed E-state index contributed by atoms with van der Waals surface area (Å²) in [5.41, 5.74) is 5.66. The Labute approximate surface area is 295 Å². The summed E-state index contributed by atoms with van der Waals surface area (Å²) in [6.45, 7) is 15.3. The number of aliphatic hydroxyl groups excluding tert-OH is 1. The molecule has 0 aliphatic carbocycles. The second-order valence-electron chi connectivity index (χ2n) is 13.3. The van der Waals surface area contributed by atoms with Crippen molar-refractivity contribution >= 4 is 57.7 Å². The number of anilines is 3. The van der Waals surface area contributed by atoms with Gasteiger partial charge in [0.15, 0.2) is 5.78 Å². The third-order valence-electron chi connectivity index (χ3n) is 9.33. The Morgan fingerprint density at radius 1 is 0.872 bits per heavy atom. The molecule has 5 aromatic rings. The number of aromatic nitrogens is 1. The monoisotopic (exact) mass is 820 g/mol. The second-order valence-corrected chi connectivity index (χ2v) is 18.3. The number of hydrogen-bond acceptors (Lipinski definition) is 4. The van der Waals surface area contributed by atoms with Crippen LogP contribution in [0.15, 0.2) is 96.9 Å². The summed E-state index contributed by atoms with van der Waals surface area (Å²) in [4.78, 5) is 19.0. The van der Waals surface area contributed by atoms with Gasteiger partial charge < -0.3 is 15.0 Å². The van der Waals surface area contributed by atoms with Crippen molar-refractivity contribution in [2.45, 2.75) is 73.0 Å². The van der Waals surface area contributed by atoms with E-state index in [1.54, 1.807) is 0 Å². The molecule has 0 saturated carbocycles. The molecule has 0 unspecified atom stereocenters. The van der Waals surface area contributed by atoms with E-state index in [0.717, 1.165) is 42.6 Å². The number of para-hydroxylation sites is 1. The SMILES string of the molecule is CCC(CC)C(=O)/C=C(\O)C(CC)CC.C[Si](C)(C)c1cc2c3c(nccc3c1)-c1[c-]cc3ccccc3c1N2c1ccccc1.[Ir]. The zero-order valence-electron chi connectivity index (χ0n) is 28.7. The minimum absolute atomic E-state index is 0. The van der Waals surface area contributed by atoms with Crippen molar-refractivity contribution < 1.29 is 30.0 Å². The molecule has 0 atom stereocenters. The largest absolute Gasteiger partial charge is 0.512 e. The Kier molecular flexibility index (Phi) is 12.0. The maximum atomic E-state index is 11.7. The van der Waals surface area contributed by atoms with Gasteiger partial charge in [0, 0.05) is 55.6 Å². The molecule has 1 aliphatic heterocycles. The summed E-state index contributed by atoms with van der Waals surface area (Å²) in [5, 5.41) is 16.1. The third kappa shape index (κ3) is 7.46. The van der Waals surface area contributed by atoms with E-state index in [2.05, 4.69) is 109 Å². The average molecular weight is 820 g/mol. The number of carbonyl (C=O) groups excluding carboxylic acids is 1. The molecule has 1 N–H and O–H groups in total. The number of benzene rings is 4. The number of hydrogen-bond donors (Lipinski definition) is 1. The van der Waals surface area contributed by atoms with Crippen LogP contribution in [0.4, 0.5) is 17.1 Å². The van der Waals surface area contributed by atoms with Gasteiger partial charge in [-0.05, 0) is 72.1 Å². The number of ketones is 1. The van der Waals surface area contributed by atoms with Gasteiger partial charge in [-0.2, -0.15) is 0 Å². The van der Waals surface area contributed by atoms with Crippen molar-refractivity contribution in [2.24, 2.45) is 11.8 Å². The molecule has 6 rings (SSSR count). The zero-order chi connectivity index (χ0) is 33.0. The van der Waals surface area contributed by atoms with E-state index in [0.29, 0.717) is 0 Å². The summed E-state index contributed by atoms with van der Waals surface area (Å²) in [6, 6.07) is 31.9. The van der Waals surface area contributed by atoms with Gasteiger partial charge in [0.1, 0.15) is 0 Å². The Morgan fingerprint density at radius 3 is 2.15 bits per heavy atom. The molecule has 0 bridgehead atoms. The topological polar surface area (TPSA) is 53.4 Å². The molecule has 247 valence electrons. The molecule has 0 amide bonds. The first-order chi connectivity index (χ1) is 22.1. The first-order valence-corrected chi connectivity index (χ1v) is 20.3. The van der Waals surface area contributed by atoms with E-state index in [4.69, 9.17) is 4.98 Å². The van der Waals surface area contributed by atoms with E-state index in [9.17, 15) is 9.90 Å². The number of aliphatic hydroxyl groups is 1. The molecule has 0 saturated heterocycles. The zero-order valence-corrected chi connectivity index (χ0v) is 32.1. The summed E-state index contributed by atoms with van der Waals surface area (Å²) >= 11 is 0. The molecule has 4 nitrogen and oxygen atoms in total. The van der Waals surface area contributed by atoms with Crippen LogP contribution in [0.25, 0.3) is 32.8 Å². The average Bonchev–Trinajstić information content (AvgIpc) is 3.06. The van der Waals surface area contributed by atoms with Gasteiger partial charge >= 0.3 is 0 Å². The smallest absolute Gasteiger partial charge is 0.162 e. The van der Waals surface area contributed by atoms with Crippen LogP contribution in [-0.4, -0.2) is 23.9 Å². The molecule has 6 heteroatoms. The maximum Gasteiger partial charge on any atom is 0.162 e. The van der Waals surface area contributed by atoms with E-state index in [1.165, 1.54) is 44.2 Å². The second kappa shape index (κ2) is 15.6. The van der Waals surface area contributed by atoms with Crippen molar-refractivity contribution in [1.82, 2.24) is 4.98 Å². The van der Waals surface area contributed by atoms with Gasteiger partial charge in [0.25, 0.3) is 0 Å².